The molecule has 2 heterocycles. The van der Waals surface area contributed by atoms with Crippen LogP contribution in [-0.4, -0.2) is 49.3 Å². The Morgan fingerprint density at radius 2 is 1.94 bits per heavy atom. The van der Waals surface area contributed by atoms with Crippen molar-refractivity contribution in [1.29, 1.82) is 0 Å². The van der Waals surface area contributed by atoms with Crippen LogP contribution >= 0.6 is 11.3 Å². The first-order valence-corrected chi connectivity index (χ1v) is 12.4. The van der Waals surface area contributed by atoms with Crippen LogP contribution in [0.2, 0.25) is 0 Å². The van der Waals surface area contributed by atoms with Crippen LogP contribution in [0.5, 0.6) is 11.5 Å². The normalized spacial score (nSPS) is 19.3. The van der Waals surface area contributed by atoms with Crippen molar-refractivity contribution in [3.63, 3.8) is 0 Å². The summed E-state index contributed by atoms with van der Waals surface area (Å²) in [6.07, 6.45) is 2.75. The molecule has 7 heteroatoms. The van der Waals surface area contributed by atoms with Gasteiger partial charge >= 0.3 is 0 Å². The molecule has 0 N–H and O–H groups in total. The maximum absolute atomic E-state index is 13.6. The maximum Gasteiger partial charge on any atom is 0.257 e. The molecule has 2 aliphatic rings. The molecular weight excluding hydrogens is 446 g/mol. The van der Waals surface area contributed by atoms with Gasteiger partial charge in [-0.3, -0.25) is 9.69 Å². The fourth-order valence-corrected chi connectivity index (χ4v) is 5.76. The number of hydrogen-bond donors (Lipinski definition) is 0. The lowest BCUT2D eigenvalue weighted by atomic mass is 10.0. The van der Waals surface area contributed by atoms with E-state index in [1.54, 1.807) is 30.6 Å². The number of benzene rings is 2. The smallest absolute Gasteiger partial charge is 0.257 e. The molecule has 1 aliphatic heterocycles. The number of hydrogen-bond acceptors (Lipinski definition) is 6. The maximum atomic E-state index is 13.6. The molecule has 1 aliphatic carbocycles. The van der Waals surface area contributed by atoms with E-state index in [1.165, 1.54) is 11.1 Å². The molecule has 1 aromatic heterocycles. The monoisotopic (exact) mass is 475 g/mol. The molecule has 5 rings (SSSR count). The highest BCUT2D eigenvalue weighted by Crippen LogP contribution is 2.39. The number of ether oxygens (including phenoxy) is 2. The predicted molar refractivity (Wildman–Crippen MR) is 135 cm³/mol. The lowest BCUT2D eigenvalue weighted by molar-refractivity contribution is -0.134. The number of thiophene rings is 1. The van der Waals surface area contributed by atoms with E-state index in [-0.39, 0.29) is 18.0 Å². The van der Waals surface area contributed by atoms with Crippen LogP contribution in [0.4, 0.5) is 0 Å². The summed E-state index contributed by atoms with van der Waals surface area (Å²) < 4.78 is 10.9. The highest BCUT2D eigenvalue weighted by atomic mass is 32.1. The van der Waals surface area contributed by atoms with Crippen LogP contribution < -0.4 is 9.47 Å². The van der Waals surface area contributed by atoms with E-state index in [0.29, 0.717) is 24.5 Å². The third kappa shape index (κ3) is 4.21. The molecule has 0 unspecified atom stereocenters. The fraction of sp³-hybridized carbons (Fsp3) is 0.333. The number of nitrogens with zero attached hydrogens (tertiary/aromatic N) is 3. The average Bonchev–Trinajstić information content (AvgIpc) is 3.62. The first-order valence-electron chi connectivity index (χ1n) is 11.5. The van der Waals surface area contributed by atoms with Gasteiger partial charge in [-0.2, -0.15) is 5.10 Å². The lowest BCUT2D eigenvalue weighted by Crippen LogP contribution is -2.37. The SMILES string of the molecule is COc1ccc([C@H]2CC(c3cccs3)=NN2C(=O)CN(C)[C@H]2CCc3ccccc32)cc1OC. The molecule has 1 amide bonds. The third-order valence-electron chi connectivity index (χ3n) is 6.78. The van der Waals surface area contributed by atoms with Crippen LogP contribution in [0, 0.1) is 0 Å². The number of methoxy groups -OCH3 is 2. The Bertz CT molecular complexity index is 1210. The summed E-state index contributed by atoms with van der Waals surface area (Å²) in [5.41, 5.74) is 4.64. The number of fused-ring (bicyclic) bond motifs is 1. The van der Waals surface area contributed by atoms with E-state index >= 15 is 0 Å². The van der Waals surface area contributed by atoms with Gasteiger partial charge in [0.25, 0.3) is 5.91 Å². The van der Waals surface area contributed by atoms with Gasteiger partial charge in [-0.05, 0) is 60.2 Å². The molecular formula is C27H29N3O3S. The van der Waals surface area contributed by atoms with E-state index in [4.69, 9.17) is 14.6 Å². The van der Waals surface area contributed by atoms with Crippen LogP contribution in [0.25, 0.3) is 0 Å². The van der Waals surface area contributed by atoms with Gasteiger partial charge < -0.3 is 9.47 Å². The molecule has 2 atom stereocenters. The first kappa shape index (κ1) is 22.6. The number of carbonyl (C=O) groups is 1. The molecule has 0 fully saturated rings. The Morgan fingerprint density at radius 3 is 2.71 bits per heavy atom. The number of likely N-dealkylation sites (N-methyl/N-ethyl adjacent to an activating group) is 1. The van der Waals surface area contributed by atoms with E-state index in [9.17, 15) is 4.79 Å². The Balaban J connectivity index is 1.41. The van der Waals surface area contributed by atoms with Crippen molar-refractivity contribution >= 4 is 23.0 Å². The van der Waals surface area contributed by atoms with Crippen LogP contribution in [0.3, 0.4) is 0 Å². The summed E-state index contributed by atoms with van der Waals surface area (Å²) in [5.74, 6) is 1.32. The number of hydrazone groups is 1. The van der Waals surface area contributed by atoms with E-state index < -0.39 is 0 Å². The largest absolute Gasteiger partial charge is 0.493 e. The lowest BCUT2D eigenvalue weighted by Gasteiger charge is -2.28. The number of amides is 1. The molecule has 0 saturated heterocycles. The van der Waals surface area contributed by atoms with Crippen LogP contribution in [0.1, 0.15) is 46.5 Å². The van der Waals surface area contributed by atoms with Gasteiger partial charge in [0.2, 0.25) is 0 Å². The van der Waals surface area contributed by atoms with Crippen molar-refractivity contribution < 1.29 is 14.3 Å². The van der Waals surface area contributed by atoms with Crippen LogP contribution in [-0.2, 0) is 11.2 Å². The van der Waals surface area contributed by atoms with E-state index in [2.05, 4.69) is 35.2 Å². The molecule has 176 valence electrons. The molecule has 3 aromatic rings. The Hall–Kier alpha value is -3.16. The van der Waals surface area contributed by atoms with Crippen molar-refractivity contribution in [3.8, 4) is 11.5 Å². The Kier molecular flexibility index (Phi) is 6.39. The standard InChI is InChI=1S/C27H29N3O3S/c1-29(22-12-10-18-7-4-5-8-20(18)22)17-27(31)30-23(16-21(28-30)26-9-6-14-34-26)19-11-13-24(32-2)25(15-19)33-3/h4-9,11,13-15,22-23H,10,12,16-17H2,1-3H3/t22-,23+/m0/s1. The zero-order valence-corrected chi connectivity index (χ0v) is 20.5. The van der Waals surface area contributed by atoms with E-state index in [0.717, 1.165) is 29.0 Å². The van der Waals surface area contributed by atoms with Crippen molar-refractivity contribution in [1.82, 2.24) is 9.91 Å². The van der Waals surface area contributed by atoms with Gasteiger partial charge in [-0.15, -0.1) is 11.3 Å². The molecule has 0 radical (unpaired) electrons. The van der Waals surface area contributed by atoms with Gasteiger partial charge in [-0.25, -0.2) is 5.01 Å². The molecule has 6 nitrogen and oxygen atoms in total. The molecule has 0 saturated carbocycles. The summed E-state index contributed by atoms with van der Waals surface area (Å²) in [5, 5.41) is 8.54. The highest BCUT2D eigenvalue weighted by Gasteiger charge is 2.35. The van der Waals surface area contributed by atoms with Gasteiger partial charge in [0.15, 0.2) is 11.5 Å². The third-order valence-corrected chi connectivity index (χ3v) is 7.70. The quantitative estimate of drug-likeness (QED) is 0.479. The topological polar surface area (TPSA) is 54.4 Å². The molecule has 34 heavy (non-hydrogen) atoms. The number of aryl methyl sites for hydroxylation is 1. The van der Waals surface area contributed by atoms with Crippen LogP contribution in [0.15, 0.2) is 65.1 Å². The second-order valence-electron chi connectivity index (χ2n) is 8.77. The van der Waals surface area contributed by atoms with Crippen molar-refractivity contribution in [3.05, 3.63) is 81.5 Å². The molecule has 2 aromatic carbocycles. The summed E-state index contributed by atoms with van der Waals surface area (Å²) in [4.78, 5) is 16.9. The predicted octanol–water partition coefficient (Wildman–Crippen LogP) is 5.06. The molecule has 0 spiro atoms. The van der Waals surface area contributed by atoms with Crippen molar-refractivity contribution in [2.45, 2.75) is 31.3 Å². The Labute approximate surface area is 204 Å². The number of carbonyl (C=O) groups excluding carboxylic acids is 1. The highest BCUT2D eigenvalue weighted by molar-refractivity contribution is 7.12. The Morgan fingerprint density at radius 1 is 1.12 bits per heavy atom. The zero-order chi connectivity index (χ0) is 23.7. The van der Waals surface area contributed by atoms with Crippen molar-refractivity contribution in [2.75, 3.05) is 27.8 Å². The van der Waals surface area contributed by atoms with Gasteiger partial charge in [0, 0.05) is 12.5 Å². The zero-order valence-electron chi connectivity index (χ0n) is 19.7. The average molecular weight is 476 g/mol. The van der Waals surface area contributed by atoms with Gasteiger partial charge in [-0.1, -0.05) is 36.4 Å². The minimum Gasteiger partial charge on any atom is -0.493 e. The summed E-state index contributed by atoms with van der Waals surface area (Å²) >= 11 is 1.65. The van der Waals surface area contributed by atoms with E-state index in [1.807, 2.05) is 36.7 Å². The fourth-order valence-electron chi connectivity index (χ4n) is 5.04. The second-order valence-corrected chi connectivity index (χ2v) is 9.71. The summed E-state index contributed by atoms with van der Waals surface area (Å²) in [6.45, 7) is 0.310. The minimum atomic E-state index is -0.186. The van der Waals surface area contributed by atoms with Gasteiger partial charge in [0.1, 0.15) is 0 Å². The minimum absolute atomic E-state index is 0.00165. The van der Waals surface area contributed by atoms with Crippen molar-refractivity contribution in [2.24, 2.45) is 5.10 Å². The van der Waals surface area contributed by atoms with Gasteiger partial charge in [0.05, 0.1) is 37.4 Å². The summed E-state index contributed by atoms with van der Waals surface area (Å²) in [7, 11) is 5.29. The molecule has 0 bridgehead atoms. The second kappa shape index (κ2) is 9.60. The number of rotatable bonds is 7. The summed E-state index contributed by atoms with van der Waals surface area (Å²) in [6, 6.07) is 18.5. The first-order chi connectivity index (χ1) is 16.6.